The molecule has 5 nitrogen and oxygen atoms in total. The van der Waals surface area contributed by atoms with Crippen LogP contribution in [0.15, 0.2) is 176 Å². The minimum absolute atomic E-state index is 0.100. The van der Waals surface area contributed by atoms with Crippen molar-refractivity contribution in [3.05, 3.63) is 193 Å². The zero-order valence-electron chi connectivity index (χ0n) is 30.8. The molecule has 1 unspecified atom stereocenters. The van der Waals surface area contributed by atoms with Gasteiger partial charge in [-0.2, -0.15) is 0 Å². The summed E-state index contributed by atoms with van der Waals surface area (Å²) in [6.07, 6.45) is 9.86. The van der Waals surface area contributed by atoms with E-state index in [0.717, 1.165) is 88.9 Å². The van der Waals surface area contributed by atoms with Crippen molar-refractivity contribution in [2.75, 3.05) is 5.32 Å². The lowest BCUT2D eigenvalue weighted by molar-refractivity contribution is 0.981. The molecule has 6 aromatic carbocycles. The summed E-state index contributed by atoms with van der Waals surface area (Å²) >= 11 is 0. The van der Waals surface area contributed by atoms with Gasteiger partial charge < -0.3 is 11.1 Å². The molecule has 0 radical (unpaired) electrons. The van der Waals surface area contributed by atoms with Crippen LogP contribution in [0, 0.1) is 0 Å². The average Bonchev–Trinajstić information content (AvgIpc) is 3.27. The highest BCUT2D eigenvalue weighted by Gasteiger charge is 2.18. The molecule has 5 heteroatoms. The number of pyridine rings is 3. The zero-order chi connectivity index (χ0) is 37.6. The van der Waals surface area contributed by atoms with Gasteiger partial charge in [0.15, 0.2) is 0 Å². The number of hydrogen-bond donors (Lipinski definition) is 2. The molecule has 0 saturated carbocycles. The summed E-state index contributed by atoms with van der Waals surface area (Å²) in [6, 6.07) is 53.8. The molecule has 9 aromatic rings. The Morgan fingerprint density at radius 2 is 1.16 bits per heavy atom. The number of allylic oxidation sites excluding steroid dienone is 3. The average molecular weight is 720 g/mol. The highest BCUT2D eigenvalue weighted by molar-refractivity contribution is 5.98. The van der Waals surface area contributed by atoms with E-state index in [2.05, 4.69) is 163 Å². The Morgan fingerprint density at radius 3 is 1.93 bits per heavy atom. The molecule has 0 saturated heterocycles. The molecule has 0 aliphatic carbocycles. The smallest absolute Gasteiger partial charge is 0.0947 e. The molecule has 4 heterocycles. The summed E-state index contributed by atoms with van der Waals surface area (Å²) in [4.78, 5) is 15.3. The van der Waals surface area contributed by atoms with Crippen molar-refractivity contribution in [1.82, 2.24) is 15.0 Å². The van der Waals surface area contributed by atoms with Crippen molar-refractivity contribution >= 4 is 60.8 Å². The maximum atomic E-state index is 5.68. The second kappa shape index (κ2) is 13.8. The number of nitrogens with one attached hydrogen (secondary N) is 1. The fourth-order valence-electron chi connectivity index (χ4n) is 7.83. The third-order valence-electron chi connectivity index (χ3n) is 10.9. The second-order valence-corrected chi connectivity index (χ2v) is 14.3. The molecule has 0 spiro atoms. The molecule has 1 atom stereocenters. The first kappa shape index (κ1) is 33.2. The number of nitrogens with two attached hydrogens (primary N) is 1. The Labute approximate surface area is 325 Å². The van der Waals surface area contributed by atoms with Crippen molar-refractivity contribution in [3.8, 4) is 33.6 Å². The molecule has 1 aliphatic rings. The van der Waals surface area contributed by atoms with E-state index in [0.29, 0.717) is 0 Å². The van der Waals surface area contributed by atoms with Gasteiger partial charge in [0.25, 0.3) is 0 Å². The number of nitrogens with zero attached hydrogens (tertiary/aromatic N) is 3. The van der Waals surface area contributed by atoms with Crippen molar-refractivity contribution in [1.29, 1.82) is 0 Å². The lowest BCUT2D eigenvalue weighted by Gasteiger charge is -2.24. The Hall–Kier alpha value is -7.37. The fraction of sp³-hybridized carbons (Fsp3) is 0.0392. The minimum atomic E-state index is 0.100. The van der Waals surface area contributed by atoms with E-state index in [9.17, 15) is 0 Å². The van der Waals surface area contributed by atoms with Gasteiger partial charge in [-0.05, 0) is 100 Å². The van der Waals surface area contributed by atoms with Gasteiger partial charge >= 0.3 is 0 Å². The maximum Gasteiger partial charge on any atom is 0.0947 e. The molecule has 0 amide bonds. The first-order valence-corrected chi connectivity index (χ1v) is 19.0. The molecule has 3 aromatic heterocycles. The molecule has 3 N–H and O–H groups in total. The molecular weight excluding hydrogens is 683 g/mol. The number of fused-ring (bicyclic) bond motifs is 6. The SMILES string of the molecule is C/C=C(\C=C/N)c1ccc2ccc(-c3ccc4ccc(-c5ccc6cc(-c7ccc8ccc9c(c8n7)NC(c7ccccc7)C=C9)ccc6c5)cc4n3)cc2n1. The van der Waals surface area contributed by atoms with Crippen molar-refractivity contribution in [3.63, 3.8) is 0 Å². The van der Waals surface area contributed by atoms with Crippen LogP contribution in [0.5, 0.6) is 0 Å². The van der Waals surface area contributed by atoms with Gasteiger partial charge in [-0.15, -0.1) is 0 Å². The van der Waals surface area contributed by atoms with E-state index in [1.807, 2.05) is 25.1 Å². The summed E-state index contributed by atoms with van der Waals surface area (Å²) < 4.78 is 0. The van der Waals surface area contributed by atoms with Gasteiger partial charge in [-0.25, -0.2) is 15.0 Å². The Morgan fingerprint density at radius 1 is 0.571 bits per heavy atom. The van der Waals surface area contributed by atoms with E-state index in [1.54, 1.807) is 6.20 Å². The van der Waals surface area contributed by atoms with Crippen LogP contribution >= 0.6 is 0 Å². The standard InChI is InChI=1S/C51H37N5/c1-2-32(26-27-52)44-22-18-35-9-16-43(31-49(35)53-44)46-23-19-34-8-12-41(30-48(34)54-46)39-13-14-40-29-42(17-15-38(40)28-39)47-25-21-37-11-10-36-20-24-45(33-6-4-3-5-7-33)55-50(36)51(37)56-47/h2-31,45,55H,52H2,1H3/b27-26-,32-2+. The summed E-state index contributed by atoms with van der Waals surface area (Å²) in [6.45, 7) is 1.99. The molecule has 10 rings (SSSR count). The minimum Gasteiger partial charge on any atom is -0.405 e. The van der Waals surface area contributed by atoms with Crippen molar-refractivity contribution in [2.45, 2.75) is 13.0 Å². The predicted molar refractivity (Wildman–Crippen MR) is 235 cm³/mol. The molecule has 0 bridgehead atoms. The quantitative estimate of drug-likeness (QED) is 0.167. The number of aromatic nitrogens is 3. The van der Waals surface area contributed by atoms with E-state index >= 15 is 0 Å². The van der Waals surface area contributed by atoms with Gasteiger partial charge in [-0.3, -0.25) is 0 Å². The molecule has 0 fully saturated rings. The van der Waals surface area contributed by atoms with Crippen LogP contribution < -0.4 is 11.1 Å². The van der Waals surface area contributed by atoms with Crippen molar-refractivity contribution in [2.24, 2.45) is 5.73 Å². The fourth-order valence-corrected chi connectivity index (χ4v) is 7.83. The second-order valence-electron chi connectivity index (χ2n) is 14.3. The highest BCUT2D eigenvalue weighted by atomic mass is 14.9. The van der Waals surface area contributed by atoms with Gasteiger partial charge in [0, 0.05) is 27.3 Å². The van der Waals surface area contributed by atoms with Crippen LogP contribution in [0.25, 0.3) is 88.8 Å². The number of rotatable bonds is 6. The molecule has 56 heavy (non-hydrogen) atoms. The molecular formula is C51H37N5. The first-order valence-electron chi connectivity index (χ1n) is 19.0. The Kier molecular flexibility index (Phi) is 8.19. The van der Waals surface area contributed by atoms with E-state index in [-0.39, 0.29) is 6.04 Å². The summed E-state index contributed by atoms with van der Waals surface area (Å²) in [7, 11) is 0. The van der Waals surface area contributed by atoms with Gasteiger partial charge in [-0.1, -0.05) is 127 Å². The summed E-state index contributed by atoms with van der Waals surface area (Å²) in [5.74, 6) is 0. The van der Waals surface area contributed by atoms with Crippen LogP contribution in [-0.2, 0) is 0 Å². The Balaban J connectivity index is 0.948. The monoisotopic (exact) mass is 719 g/mol. The lowest BCUT2D eigenvalue weighted by Crippen LogP contribution is -2.12. The summed E-state index contributed by atoms with van der Waals surface area (Å²) in [5, 5.41) is 9.40. The van der Waals surface area contributed by atoms with Crippen LogP contribution in [0.4, 0.5) is 5.69 Å². The van der Waals surface area contributed by atoms with E-state index in [4.69, 9.17) is 20.7 Å². The summed E-state index contributed by atoms with van der Waals surface area (Å²) in [5.41, 5.74) is 20.1. The normalized spacial score (nSPS) is 14.2. The third-order valence-corrected chi connectivity index (χ3v) is 10.9. The van der Waals surface area contributed by atoms with Crippen LogP contribution in [0.1, 0.15) is 29.8 Å². The van der Waals surface area contributed by atoms with E-state index < -0.39 is 0 Å². The highest BCUT2D eigenvalue weighted by Crippen LogP contribution is 2.37. The number of anilines is 1. The van der Waals surface area contributed by atoms with Gasteiger partial charge in [0.05, 0.1) is 45.4 Å². The maximum absolute atomic E-state index is 5.68. The number of hydrogen-bond acceptors (Lipinski definition) is 5. The molecule has 1 aliphatic heterocycles. The Bertz CT molecular complexity index is 3090. The van der Waals surface area contributed by atoms with Crippen LogP contribution in [-0.4, -0.2) is 15.0 Å². The largest absolute Gasteiger partial charge is 0.405 e. The van der Waals surface area contributed by atoms with Crippen LogP contribution in [0.2, 0.25) is 0 Å². The van der Waals surface area contributed by atoms with E-state index in [1.165, 1.54) is 16.3 Å². The topological polar surface area (TPSA) is 76.7 Å². The zero-order valence-corrected chi connectivity index (χ0v) is 30.8. The number of benzene rings is 6. The van der Waals surface area contributed by atoms with Crippen molar-refractivity contribution < 1.29 is 0 Å². The predicted octanol–water partition coefficient (Wildman–Crippen LogP) is 12.5. The van der Waals surface area contributed by atoms with Gasteiger partial charge in [0.1, 0.15) is 0 Å². The lowest BCUT2D eigenvalue weighted by atomic mass is 9.97. The molecule has 266 valence electrons. The first-order chi connectivity index (χ1) is 27.6. The van der Waals surface area contributed by atoms with Gasteiger partial charge in [0.2, 0.25) is 0 Å². The van der Waals surface area contributed by atoms with Crippen LogP contribution in [0.3, 0.4) is 0 Å². The third kappa shape index (κ3) is 6.05.